The van der Waals surface area contributed by atoms with Gasteiger partial charge in [-0.05, 0) is 37.8 Å². The number of urea groups is 1. The van der Waals surface area contributed by atoms with E-state index in [1.807, 2.05) is 11.8 Å². The molecule has 1 aliphatic heterocycles. The van der Waals surface area contributed by atoms with Crippen molar-refractivity contribution < 1.29 is 19.1 Å². The molecule has 1 fully saturated rings. The van der Waals surface area contributed by atoms with Gasteiger partial charge in [0.25, 0.3) is 0 Å². The quantitative estimate of drug-likeness (QED) is 0.890. The molecule has 2 amide bonds. The molecule has 0 saturated carbocycles. The van der Waals surface area contributed by atoms with Gasteiger partial charge < -0.3 is 19.7 Å². The molecule has 0 radical (unpaired) electrons. The van der Waals surface area contributed by atoms with Crippen LogP contribution < -0.4 is 5.32 Å². The van der Waals surface area contributed by atoms with E-state index >= 15 is 0 Å². The first-order valence-electron chi connectivity index (χ1n) is 6.84. The highest BCUT2D eigenvalue weighted by Gasteiger charge is 2.26. The number of amides is 2. The fourth-order valence-corrected chi connectivity index (χ4v) is 2.42. The van der Waals surface area contributed by atoms with Crippen molar-refractivity contribution in [3.8, 4) is 0 Å². The van der Waals surface area contributed by atoms with Crippen molar-refractivity contribution in [2.45, 2.75) is 39.3 Å². The Morgan fingerprint density at radius 2 is 2.15 bits per heavy atom. The molecule has 110 valence electrons. The summed E-state index contributed by atoms with van der Waals surface area (Å²) in [6, 6.07) is 3.05. The van der Waals surface area contributed by atoms with Crippen LogP contribution in [0.15, 0.2) is 16.5 Å². The first-order chi connectivity index (χ1) is 9.47. The highest BCUT2D eigenvalue weighted by Crippen LogP contribution is 2.21. The van der Waals surface area contributed by atoms with Gasteiger partial charge in [-0.15, -0.1) is 0 Å². The summed E-state index contributed by atoms with van der Waals surface area (Å²) in [6.45, 7) is 5.13. The maximum Gasteiger partial charge on any atom is 0.371 e. The zero-order chi connectivity index (χ0) is 14.7. The Bertz CT molecular complexity index is 497. The van der Waals surface area contributed by atoms with Crippen molar-refractivity contribution in [1.29, 1.82) is 0 Å². The Labute approximate surface area is 117 Å². The Morgan fingerprint density at radius 3 is 2.80 bits per heavy atom. The average molecular weight is 280 g/mol. The molecule has 2 atom stereocenters. The van der Waals surface area contributed by atoms with Gasteiger partial charge in [0.15, 0.2) is 0 Å². The van der Waals surface area contributed by atoms with Gasteiger partial charge in [-0.1, -0.05) is 6.92 Å². The predicted molar refractivity (Wildman–Crippen MR) is 72.5 cm³/mol. The Balaban J connectivity index is 1.89. The van der Waals surface area contributed by atoms with Crippen LogP contribution in [0.3, 0.4) is 0 Å². The third kappa shape index (κ3) is 3.31. The summed E-state index contributed by atoms with van der Waals surface area (Å²) >= 11 is 0. The molecule has 1 aromatic rings. The second-order valence-electron chi connectivity index (χ2n) is 5.41. The molecule has 6 heteroatoms. The van der Waals surface area contributed by atoms with Crippen LogP contribution in [0.5, 0.6) is 0 Å². The molecule has 1 aromatic heterocycles. The van der Waals surface area contributed by atoms with Crippen molar-refractivity contribution in [3.63, 3.8) is 0 Å². The molecule has 2 heterocycles. The lowest BCUT2D eigenvalue weighted by Gasteiger charge is -2.36. The number of nitrogens with zero attached hydrogens (tertiary/aromatic N) is 1. The molecule has 2 unspecified atom stereocenters. The van der Waals surface area contributed by atoms with Gasteiger partial charge in [0.05, 0.1) is 6.54 Å². The Morgan fingerprint density at radius 1 is 1.40 bits per heavy atom. The summed E-state index contributed by atoms with van der Waals surface area (Å²) in [5.41, 5.74) is 0. The number of hydrogen-bond donors (Lipinski definition) is 2. The normalized spacial score (nSPS) is 22.6. The number of aromatic carboxylic acids is 1. The van der Waals surface area contributed by atoms with Crippen LogP contribution in [-0.2, 0) is 6.54 Å². The van der Waals surface area contributed by atoms with E-state index in [4.69, 9.17) is 9.52 Å². The highest BCUT2D eigenvalue weighted by atomic mass is 16.4. The summed E-state index contributed by atoms with van der Waals surface area (Å²) in [5.74, 6) is -0.275. The molecule has 2 N–H and O–H groups in total. The molecule has 1 aliphatic rings. The van der Waals surface area contributed by atoms with E-state index in [9.17, 15) is 9.59 Å². The van der Waals surface area contributed by atoms with E-state index in [1.54, 1.807) is 6.07 Å². The maximum atomic E-state index is 12.1. The lowest BCUT2D eigenvalue weighted by molar-refractivity contribution is 0.0660. The summed E-state index contributed by atoms with van der Waals surface area (Å²) < 4.78 is 5.10. The van der Waals surface area contributed by atoms with Gasteiger partial charge in [0, 0.05) is 12.6 Å². The summed E-state index contributed by atoms with van der Waals surface area (Å²) in [6.07, 6.45) is 2.16. The smallest absolute Gasteiger partial charge is 0.371 e. The van der Waals surface area contributed by atoms with Crippen LogP contribution in [0.2, 0.25) is 0 Å². The third-order valence-electron chi connectivity index (χ3n) is 3.66. The van der Waals surface area contributed by atoms with Crippen LogP contribution in [0.25, 0.3) is 0 Å². The van der Waals surface area contributed by atoms with E-state index in [2.05, 4.69) is 12.2 Å². The van der Waals surface area contributed by atoms with E-state index in [-0.39, 0.29) is 24.4 Å². The number of piperidine rings is 1. The number of carboxylic acid groups (broad SMARTS) is 1. The first kappa shape index (κ1) is 14.4. The van der Waals surface area contributed by atoms with Gasteiger partial charge in [0.2, 0.25) is 5.76 Å². The second kappa shape index (κ2) is 5.98. The van der Waals surface area contributed by atoms with E-state index in [0.29, 0.717) is 11.7 Å². The number of carbonyl (C=O) groups excluding carboxylic acids is 1. The van der Waals surface area contributed by atoms with Gasteiger partial charge in [-0.25, -0.2) is 9.59 Å². The lowest BCUT2D eigenvalue weighted by atomic mass is 9.95. The lowest BCUT2D eigenvalue weighted by Crippen LogP contribution is -2.49. The Hall–Kier alpha value is -1.98. The highest BCUT2D eigenvalue weighted by molar-refractivity contribution is 5.84. The molecule has 1 saturated heterocycles. The van der Waals surface area contributed by atoms with Crippen molar-refractivity contribution >= 4 is 12.0 Å². The molecule has 6 nitrogen and oxygen atoms in total. The van der Waals surface area contributed by atoms with Crippen molar-refractivity contribution in [2.75, 3.05) is 6.54 Å². The number of hydrogen-bond acceptors (Lipinski definition) is 3. The van der Waals surface area contributed by atoms with E-state index in [0.717, 1.165) is 19.4 Å². The molecular formula is C14H20N2O4. The minimum atomic E-state index is -1.11. The zero-order valence-corrected chi connectivity index (χ0v) is 11.8. The van der Waals surface area contributed by atoms with Crippen molar-refractivity contribution in [3.05, 3.63) is 23.7 Å². The fraction of sp³-hybridized carbons (Fsp3) is 0.571. The monoisotopic (exact) mass is 280 g/mol. The standard InChI is InChI=1S/C14H20N2O4/c1-9-3-4-10(2)16(8-9)14(19)15-7-11-5-6-12(20-11)13(17)18/h5-6,9-10H,3-4,7-8H2,1-2H3,(H,15,19)(H,17,18). The molecule has 0 bridgehead atoms. The largest absolute Gasteiger partial charge is 0.475 e. The molecule has 0 spiro atoms. The van der Waals surface area contributed by atoms with Crippen LogP contribution >= 0.6 is 0 Å². The van der Waals surface area contributed by atoms with Crippen LogP contribution in [0, 0.1) is 5.92 Å². The summed E-state index contributed by atoms with van der Waals surface area (Å²) in [4.78, 5) is 24.6. The van der Waals surface area contributed by atoms with Crippen molar-refractivity contribution in [2.24, 2.45) is 5.92 Å². The van der Waals surface area contributed by atoms with Crippen LogP contribution in [0.4, 0.5) is 4.79 Å². The van der Waals surface area contributed by atoms with Gasteiger partial charge in [-0.2, -0.15) is 0 Å². The van der Waals surface area contributed by atoms with Gasteiger partial charge >= 0.3 is 12.0 Å². The van der Waals surface area contributed by atoms with Gasteiger partial charge in [0.1, 0.15) is 5.76 Å². The third-order valence-corrected chi connectivity index (χ3v) is 3.66. The van der Waals surface area contributed by atoms with E-state index < -0.39 is 5.97 Å². The summed E-state index contributed by atoms with van der Waals surface area (Å²) in [7, 11) is 0. The number of likely N-dealkylation sites (tertiary alicyclic amines) is 1. The predicted octanol–water partition coefficient (Wildman–Crippen LogP) is 2.31. The Kier molecular flexibility index (Phi) is 4.32. The van der Waals surface area contributed by atoms with Crippen LogP contribution in [0.1, 0.15) is 43.0 Å². The van der Waals surface area contributed by atoms with Crippen molar-refractivity contribution in [1.82, 2.24) is 10.2 Å². The minimum Gasteiger partial charge on any atom is -0.475 e. The maximum absolute atomic E-state index is 12.1. The summed E-state index contributed by atoms with van der Waals surface area (Å²) in [5, 5.41) is 11.5. The molecule has 2 rings (SSSR count). The minimum absolute atomic E-state index is 0.116. The molecular weight excluding hydrogens is 260 g/mol. The van der Waals surface area contributed by atoms with Crippen LogP contribution in [-0.4, -0.2) is 34.6 Å². The number of carboxylic acids is 1. The fourth-order valence-electron chi connectivity index (χ4n) is 2.42. The van der Waals surface area contributed by atoms with Gasteiger partial charge in [-0.3, -0.25) is 0 Å². The second-order valence-corrected chi connectivity index (χ2v) is 5.41. The number of carbonyl (C=O) groups is 2. The van der Waals surface area contributed by atoms with E-state index in [1.165, 1.54) is 6.07 Å². The topological polar surface area (TPSA) is 82.8 Å². The number of furan rings is 1. The zero-order valence-electron chi connectivity index (χ0n) is 11.8. The number of nitrogens with one attached hydrogen (secondary N) is 1. The molecule has 0 aliphatic carbocycles. The molecule has 20 heavy (non-hydrogen) atoms. The average Bonchev–Trinajstić information content (AvgIpc) is 2.88. The first-order valence-corrected chi connectivity index (χ1v) is 6.84. The SMILES string of the molecule is CC1CCC(C)N(C(=O)NCc2ccc(C(=O)O)o2)C1. The molecule has 0 aromatic carbocycles. The number of rotatable bonds is 3.